The van der Waals surface area contributed by atoms with Gasteiger partial charge < -0.3 is 9.31 Å². The molecule has 0 atom stereocenters. The lowest BCUT2D eigenvalue weighted by atomic mass is 9.74. The molecule has 0 N–H and O–H groups in total. The van der Waals surface area contributed by atoms with Gasteiger partial charge in [0.25, 0.3) is 0 Å². The standard InChI is InChI=1S/C17H26BClO2.C2H6/c1-11-9-12(15(2,3)4)14(19)10-13(11)18-20-16(5,6)17(7,8)21-18;1-2/h9-10H,1-8H3;1-2H3. The van der Waals surface area contributed by atoms with Gasteiger partial charge in [0.1, 0.15) is 0 Å². The van der Waals surface area contributed by atoms with Crippen LogP contribution in [0, 0.1) is 6.92 Å². The van der Waals surface area contributed by atoms with E-state index in [-0.39, 0.29) is 23.7 Å². The Labute approximate surface area is 148 Å². The van der Waals surface area contributed by atoms with Crippen molar-refractivity contribution in [3.05, 3.63) is 28.3 Å². The lowest BCUT2D eigenvalue weighted by molar-refractivity contribution is 0.00578. The van der Waals surface area contributed by atoms with E-state index in [9.17, 15) is 0 Å². The molecule has 2 nitrogen and oxygen atoms in total. The first-order valence-corrected chi connectivity index (χ1v) is 8.89. The average Bonchev–Trinajstić information content (AvgIpc) is 2.61. The van der Waals surface area contributed by atoms with Crippen molar-refractivity contribution < 1.29 is 9.31 Å². The monoisotopic (exact) mass is 338 g/mol. The van der Waals surface area contributed by atoms with Crippen molar-refractivity contribution in [1.29, 1.82) is 0 Å². The van der Waals surface area contributed by atoms with Gasteiger partial charge in [-0.25, -0.2) is 0 Å². The van der Waals surface area contributed by atoms with Crippen molar-refractivity contribution in [2.45, 2.75) is 85.9 Å². The van der Waals surface area contributed by atoms with Gasteiger partial charge in [0.15, 0.2) is 0 Å². The van der Waals surface area contributed by atoms with Gasteiger partial charge in [-0.3, -0.25) is 0 Å². The maximum Gasteiger partial charge on any atom is 0.495 e. The fourth-order valence-electron chi connectivity index (χ4n) is 2.50. The Hall–Kier alpha value is -0.505. The molecule has 0 bridgehead atoms. The lowest BCUT2D eigenvalue weighted by Gasteiger charge is -2.32. The summed E-state index contributed by atoms with van der Waals surface area (Å²) in [5.41, 5.74) is 2.69. The minimum absolute atomic E-state index is 0.0241. The second-order valence-electron chi connectivity index (χ2n) is 8.03. The Morgan fingerprint density at radius 2 is 1.39 bits per heavy atom. The first-order chi connectivity index (χ1) is 10.3. The van der Waals surface area contributed by atoms with Gasteiger partial charge in [-0.1, -0.05) is 57.8 Å². The Bertz CT molecular complexity index is 543. The Balaban J connectivity index is 0.00000127. The third kappa shape index (κ3) is 4.13. The number of hydrogen-bond donors (Lipinski definition) is 0. The Kier molecular flexibility index (Phi) is 6.05. The summed E-state index contributed by atoms with van der Waals surface area (Å²) in [5.74, 6) is 0. The van der Waals surface area contributed by atoms with E-state index < -0.39 is 0 Å². The molecule has 1 aliphatic heterocycles. The molecule has 23 heavy (non-hydrogen) atoms. The lowest BCUT2D eigenvalue weighted by Crippen LogP contribution is -2.41. The van der Waals surface area contributed by atoms with Crippen molar-refractivity contribution >= 4 is 24.2 Å². The summed E-state index contributed by atoms with van der Waals surface area (Å²) in [7, 11) is -0.360. The molecule has 0 amide bonds. The Morgan fingerprint density at radius 3 is 1.78 bits per heavy atom. The van der Waals surface area contributed by atoms with Gasteiger partial charge in [-0.2, -0.15) is 0 Å². The highest BCUT2D eigenvalue weighted by molar-refractivity contribution is 6.63. The molecular weight excluding hydrogens is 306 g/mol. The Morgan fingerprint density at radius 1 is 0.957 bits per heavy atom. The largest absolute Gasteiger partial charge is 0.495 e. The van der Waals surface area contributed by atoms with Crippen LogP contribution in [0.4, 0.5) is 0 Å². The number of rotatable bonds is 1. The summed E-state index contributed by atoms with van der Waals surface area (Å²) in [6.45, 7) is 20.8. The molecule has 0 aromatic heterocycles. The minimum atomic E-state index is -0.360. The third-order valence-electron chi connectivity index (χ3n) is 4.67. The van der Waals surface area contributed by atoms with E-state index in [0.717, 1.165) is 21.6 Å². The fraction of sp³-hybridized carbons (Fsp3) is 0.684. The van der Waals surface area contributed by atoms with Crippen molar-refractivity contribution in [1.82, 2.24) is 0 Å². The predicted octanol–water partition coefficient (Wildman–Crippen LogP) is 5.27. The van der Waals surface area contributed by atoms with E-state index in [2.05, 4.69) is 61.5 Å². The summed E-state index contributed by atoms with van der Waals surface area (Å²) in [6.07, 6.45) is 0. The van der Waals surface area contributed by atoms with Gasteiger partial charge in [-0.05, 0) is 57.1 Å². The smallest absolute Gasteiger partial charge is 0.399 e. The summed E-state index contributed by atoms with van der Waals surface area (Å²) in [6, 6.07) is 4.16. The van der Waals surface area contributed by atoms with Gasteiger partial charge in [0.05, 0.1) is 11.2 Å². The van der Waals surface area contributed by atoms with E-state index in [4.69, 9.17) is 20.9 Å². The summed E-state index contributed by atoms with van der Waals surface area (Å²) >= 11 is 6.50. The van der Waals surface area contributed by atoms with Crippen LogP contribution in [0.5, 0.6) is 0 Å². The molecule has 1 aromatic carbocycles. The highest BCUT2D eigenvalue weighted by Crippen LogP contribution is 2.37. The van der Waals surface area contributed by atoms with E-state index >= 15 is 0 Å². The highest BCUT2D eigenvalue weighted by Gasteiger charge is 2.52. The van der Waals surface area contributed by atoms with E-state index in [1.54, 1.807) is 0 Å². The second-order valence-corrected chi connectivity index (χ2v) is 8.43. The fourth-order valence-corrected chi connectivity index (χ4v) is 2.95. The summed E-state index contributed by atoms with van der Waals surface area (Å²) < 4.78 is 12.3. The van der Waals surface area contributed by atoms with Gasteiger partial charge in [-0.15, -0.1) is 0 Å². The molecule has 1 heterocycles. The van der Waals surface area contributed by atoms with Crippen molar-refractivity contribution in [3.63, 3.8) is 0 Å². The summed E-state index contributed by atoms with van der Waals surface area (Å²) in [5, 5.41) is 0.776. The molecule has 2 rings (SSSR count). The number of aryl methyl sites for hydroxylation is 1. The van der Waals surface area contributed by atoms with Crippen LogP contribution in [-0.2, 0) is 14.7 Å². The van der Waals surface area contributed by atoms with E-state index in [1.807, 2.05) is 19.9 Å². The number of halogens is 1. The van der Waals surface area contributed by atoms with Crippen LogP contribution < -0.4 is 5.46 Å². The van der Waals surface area contributed by atoms with Crippen LogP contribution in [-0.4, -0.2) is 18.3 Å². The maximum absolute atomic E-state index is 6.50. The molecular formula is C19H32BClO2. The van der Waals surface area contributed by atoms with Crippen LogP contribution in [0.1, 0.15) is 73.4 Å². The van der Waals surface area contributed by atoms with Crippen molar-refractivity contribution in [2.75, 3.05) is 0 Å². The first kappa shape index (κ1) is 20.5. The van der Waals surface area contributed by atoms with Gasteiger partial charge >= 0.3 is 7.12 Å². The molecule has 4 heteroatoms. The van der Waals surface area contributed by atoms with Crippen molar-refractivity contribution in [2.24, 2.45) is 0 Å². The molecule has 0 spiro atoms. The molecule has 1 aliphatic rings. The van der Waals surface area contributed by atoms with Crippen LogP contribution in [0.15, 0.2) is 12.1 Å². The molecule has 1 aromatic rings. The predicted molar refractivity (Wildman–Crippen MR) is 102 cm³/mol. The molecule has 0 radical (unpaired) electrons. The normalized spacial score (nSPS) is 19.3. The van der Waals surface area contributed by atoms with Crippen LogP contribution in [0.3, 0.4) is 0 Å². The van der Waals surface area contributed by atoms with E-state index in [0.29, 0.717) is 0 Å². The first-order valence-electron chi connectivity index (χ1n) is 8.51. The van der Waals surface area contributed by atoms with Crippen LogP contribution in [0.2, 0.25) is 5.02 Å². The average molecular weight is 339 g/mol. The molecule has 1 saturated heterocycles. The molecule has 1 fully saturated rings. The zero-order chi connectivity index (χ0) is 18.2. The zero-order valence-corrected chi connectivity index (χ0v) is 17.2. The second kappa shape index (κ2) is 6.78. The van der Waals surface area contributed by atoms with Crippen LogP contribution >= 0.6 is 11.6 Å². The molecule has 0 unspecified atom stereocenters. The molecule has 0 saturated carbocycles. The van der Waals surface area contributed by atoms with Crippen molar-refractivity contribution in [3.8, 4) is 0 Å². The van der Waals surface area contributed by atoms with Gasteiger partial charge in [0.2, 0.25) is 0 Å². The quantitative estimate of drug-likeness (QED) is 0.649. The minimum Gasteiger partial charge on any atom is -0.399 e. The SMILES string of the molecule is CC.Cc1cc(C(C)(C)C)c(Cl)cc1B1OC(C)(C)C(C)(C)O1. The van der Waals surface area contributed by atoms with E-state index in [1.165, 1.54) is 0 Å². The number of hydrogen-bond acceptors (Lipinski definition) is 2. The third-order valence-corrected chi connectivity index (χ3v) is 4.98. The van der Waals surface area contributed by atoms with Crippen LogP contribution in [0.25, 0.3) is 0 Å². The zero-order valence-electron chi connectivity index (χ0n) is 16.4. The maximum atomic E-state index is 6.50. The van der Waals surface area contributed by atoms with Gasteiger partial charge in [0, 0.05) is 5.02 Å². The highest BCUT2D eigenvalue weighted by atomic mass is 35.5. The molecule has 130 valence electrons. The summed E-state index contributed by atoms with van der Waals surface area (Å²) in [4.78, 5) is 0. The molecule has 0 aliphatic carbocycles. The number of benzene rings is 1. The topological polar surface area (TPSA) is 18.5 Å².